The van der Waals surface area contributed by atoms with Crippen LogP contribution in [0.3, 0.4) is 0 Å². The smallest absolute Gasteiger partial charge is 0.220 e. The number of nitrogens with zero attached hydrogens (tertiary/aromatic N) is 1. The van der Waals surface area contributed by atoms with E-state index in [0.717, 1.165) is 25.3 Å². The molecule has 0 heterocycles. The van der Waals surface area contributed by atoms with Crippen LogP contribution in [0.25, 0.3) is 0 Å². The Hall–Kier alpha value is -1.55. The van der Waals surface area contributed by atoms with Gasteiger partial charge < -0.3 is 10.1 Å². The molecule has 0 bridgehead atoms. The van der Waals surface area contributed by atoms with E-state index in [9.17, 15) is 4.79 Å². The lowest BCUT2D eigenvalue weighted by molar-refractivity contribution is -0.121. The van der Waals surface area contributed by atoms with Crippen LogP contribution in [0, 0.1) is 0 Å². The monoisotopic (exact) mass is 292 g/mol. The molecule has 1 aromatic carbocycles. The Morgan fingerprint density at radius 2 is 1.90 bits per heavy atom. The summed E-state index contributed by atoms with van der Waals surface area (Å²) in [6.45, 7) is 9.73. The lowest BCUT2D eigenvalue weighted by atomic mass is 10.2. The van der Waals surface area contributed by atoms with Crippen molar-refractivity contribution in [2.24, 2.45) is 0 Å². The zero-order valence-corrected chi connectivity index (χ0v) is 13.5. The van der Waals surface area contributed by atoms with Crippen molar-refractivity contribution >= 4 is 5.91 Å². The number of para-hydroxylation sites is 1. The van der Waals surface area contributed by atoms with Gasteiger partial charge in [0.1, 0.15) is 5.75 Å². The Morgan fingerprint density at radius 1 is 1.24 bits per heavy atom. The lowest BCUT2D eigenvalue weighted by Crippen LogP contribution is -2.42. The Kier molecular flexibility index (Phi) is 8.51. The van der Waals surface area contributed by atoms with Crippen LogP contribution in [-0.2, 0) is 4.79 Å². The fourth-order valence-corrected chi connectivity index (χ4v) is 2.27. The number of nitrogens with one attached hydrogen (secondary N) is 1. The first kappa shape index (κ1) is 17.5. The van der Waals surface area contributed by atoms with Crippen LogP contribution in [0.4, 0.5) is 0 Å². The first-order valence-electron chi connectivity index (χ1n) is 7.86. The van der Waals surface area contributed by atoms with Crippen LogP contribution in [0.5, 0.6) is 5.75 Å². The Labute approximate surface area is 128 Å². The Morgan fingerprint density at radius 3 is 2.52 bits per heavy atom. The first-order valence-corrected chi connectivity index (χ1v) is 7.86. The van der Waals surface area contributed by atoms with Crippen molar-refractivity contribution in [2.45, 2.75) is 39.7 Å². The molecule has 4 heteroatoms. The van der Waals surface area contributed by atoms with Gasteiger partial charge in [-0.2, -0.15) is 0 Å². The number of ether oxygens (including phenoxy) is 1. The van der Waals surface area contributed by atoms with E-state index in [0.29, 0.717) is 25.6 Å². The minimum atomic E-state index is 0.102. The summed E-state index contributed by atoms with van der Waals surface area (Å²) in [6.07, 6.45) is 1.25. The number of hydrogen-bond acceptors (Lipinski definition) is 3. The molecule has 0 spiro atoms. The minimum Gasteiger partial charge on any atom is -0.494 e. The zero-order chi connectivity index (χ0) is 15.5. The highest BCUT2D eigenvalue weighted by Crippen LogP contribution is 2.08. The maximum absolute atomic E-state index is 11.8. The van der Waals surface area contributed by atoms with E-state index < -0.39 is 0 Å². The maximum atomic E-state index is 11.8. The summed E-state index contributed by atoms with van der Waals surface area (Å²) in [7, 11) is 0. The van der Waals surface area contributed by atoms with Crippen LogP contribution >= 0.6 is 0 Å². The van der Waals surface area contributed by atoms with Crippen LogP contribution < -0.4 is 10.1 Å². The first-order chi connectivity index (χ1) is 10.2. The third kappa shape index (κ3) is 7.14. The van der Waals surface area contributed by atoms with Gasteiger partial charge in [-0.15, -0.1) is 0 Å². The molecule has 0 radical (unpaired) electrons. The highest BCUT2D eigenvalue weighted by Gasteiger charge is 2.10. The van der Waals surface area contributed by atoms with Crippen molar-refractivity contribution < 1.29 is 9.53 Å². The second kappa shape index (κ2) is 10.2. The third-order valence-corrected chi connectivity index (χ3v) is 3.59. The van der Waals surface area contributed by atoms with Crippen LogP contribution in [-0.4, -0.2) is 43.1 Å². The van der Waals surface area contributed by atoms with Crippen molar-refractivity contribution in [1.82, 2.24) is 10.2 Å². The Balaban J connectivity index is 2.11. The van der Waals surface area contributed by atoms with E-state index in [2.05, 4.69) is 31.0 Å². The maximum Gasteiger partial charge on any atom is 0.220 e. The fourth-order valence-electron chi connectivity index (χ4n) is 2.27. The molecule has 1 amide bonds. The lowest BCUT2D eigenvalue weighted by Gasteiger charge is -2.26. The minimum absolute atomic E-state index is 0.102. The van der Waals surface area contributed by atoms with Crippen LogP contribution in [0.2, 0.25) is 0 Å². The van der Waals surface area contributed by atoms with Crippen molar-refractivity contribution in [1.29, 1.82) is 0 Å². The van der Waals surface area contributed by atoms with Gasteiger partial charge in [0.05, 0.1) is 6.61 Å². The molecule has 4 nitrogen and oxygen atoms in total. The number of carbonyl (C=O) groups excluding carboxylic acids is 1. The van der Waals surface area contributed by atoms with E-state index in [1.54, 1.807) is 0 Å². The normalized spacial score (nSPS) is 12.2. The quantitative estimate of drug-likeness (QED) is 0.674. The predicted molar refractivity (Wildman–Crippen MR) is 86.6 cm³/mol. The Bertz CT molecular complexity index is 391. The number of rotatable bonds is 10. The second-order valence-electron chi connectivity index (χ2n) is 5.14. The molecule has 0 aliphatic heterocycles. The van der Waals surface area contributed by atoms with Crippen molar-refractivity contribution in [3.05, 3.63) is 30.3 Å². The molecule has 0 saturated carbocycles. The van der Waals surface area contributed by atoms with E-state index in [1.807, 2.05) is 30.3 Å². The van der Waals surface area contributed by atoms with Gasteiger partial charge in [0.2, 0.25) is 5.91 Å². The zero-order valence-electron chi connectivity index (χ0n) is 13.5. The number of likely N-dealkylation sites (N-methyl/N-ethyl adjacent to an activating group) is 1. The summed E-state index contributed by atoms with van der Waals surface area (Å²) >= 11 is 0. The summed E-state index contributed by atoms with van der Waals surface area (Å²) in [5, 5.41) is 2.99. The van der Waals surface area contributed by atoms with Crippen molar-refractivity contribution in [3.63, 3.8) is 0 Å². The van der Waals surface area contributed by atoms with Crippen molar-refractivity contribution in [2.75, 3.05) is 26.2 Å². The molecular formula is C17H28N2O2. The predicted octanol–water partition coefficient (Wildman–Crippen LogP) is 2.69. The van der Waals surface area contributed by atoms with Gasteiger partial charge >= 0.3 is 0 Å². The summed E-state index contributed by atoms with van der Waals surface area (Å²) in [6, 6.07) is 10.1. The van der Waals surface area contributed by atoms with Crippen LogP contribution in [0.1, 0.15) is 33.6 Å². The van der Waals surface area contributed by atoms with Gasteiger partial charge in [-0.3, -0.25) is 9.69 Å². The molecule has 1 atom stereocenters. The summed E-state index contributed by atoms with van der Waals surface area (Å²) in [5.41, 5.74) is 0. The second-order valence-corrected chi connectivity index (χ2v) is 5.14. The molecule has 118 valence electrons. The molecule has 21 heavy (non-hydrogen) atoms. The molecule has 0 aliphatic carbocycles. The van der Waals surface area contributed by atoms with Gasteiger partial charge in [0.15, 0.2) is 0 Å². The number of benzene rings is 1. The molecule has 1 unspecified atom stereocenters. The molecule has 1 rings (SSSR count). The van der Waals surface area contributed by atoms with E-state index in [1.165, 1.54) is 0 Å². The number of carbonyl (C=O) groups is 1. The third-order valence-electron chi connectivity index (χ3n) is 3.59. The molecule has 0 fully saturated rings. The highest BCUT2D eigenvalue weighted by atomic mass is 16.5. The molecule has 0 aliphatic rings. The van der Waals surface area contributed by atoms with E-state index in [-0.39, 0.29) is 5.91 Å². The summed E-state index contributed by atoms with van der Waals surface area (Å²) < 4.78 is 5.57. The van der Waals surface area contributed by atoms with E-state index in [4.69, 9.17) is 4.74 Å². The average molecular weight is 292 g/mol. The molecule has 0 aromatic heterocycles. The fraction of sp³-hybridized carbons (Fsp3) is 0.588. The van der Waals surface area contributed by atoms with Gasteiger partial charge in [-0.1, -0.05) is 32.0 Å². The molecule has 0 saturated heterocycles. The summed E-state index contributed by atoms with van der Waals surface area (Å²) in [5.74, 6) is 0.957. The SMILES string of the molecule is CCN(CC)C(C)CNC(=O)CCCOc1ccccc1. The number of hydrogen-bond donors (Lipinski definition) is 1. The van der Waals surface area contributed by atoms with Gasteiger partial charge in [-0.05, 0) is 38.6 Å². The van der Waals surface area contributed by atoms with E-state index >= 15 is 0 Å². The topological polar surface area (TPSA) is 41.6 Å². The largest absolute Gasteiger partial charge is 0.494 e. The van der Waals surface area contributed by atoms with Gasteiger partial charge in [-0.25, -0.2) is 0 Å². The summed E-state index contributed by atoms with van der Waals surface area (Å²) in [4.78, 5) is 14.1. The number of amides is 1. The van der Waals surface area contributed by atoms with Crippen LogP contribution in [0.15, 0.2) is 30.3 Å². The molecular weight excluding hydrogens is 264 g/mol. The van der Waals surface area contributed by atoms with Gasteiger partial charge in [0.25, 0.3) is 0 Å². The average Bonchev–Trinajstić information content (AvgIpc) is 2.52. The molecule has 1 N–H and O–H groups in total. The highest BCUT2D eigenvalue weighted by molar-refractivity contribution is 5.75. The standard InChI is InChI=1S/C17H28N2O2/c1-4-19(5-2)15(3)14-18-17(20)12-9-13-21-16-10-7-6-8-11-16/h6-8,10-11,15H,4-5,9,12-14H2,1-3H3,(H,18,20). The molecule has 1 aromatic rings. The van der Waals surface area contributed by atoms with Gasteiger partial charge in [0, 0.05) is 19.0 Å². The van der Waals surface area contributed by atoms with Crippen molar-refractivity contribution in [3.8, 4) is 5.75 Å².